The van der Waals surface area contributed by atoms with E-state index in [1.165, 1.54) is 37.4 Å². The van der Waals surface area contributed by atoms with Crippen molar-refractivity contribution in [1.82, 2.24) is 14.1 Å². The molecule has 5 heteroatoms. The Labute approximate surface area is 335 Å². The molecule has 0 saturated heterocycles. The van der Waals surface area contributed by atoms with E-state index in [1.54, 1.807) is 0 Å². The van der Waals surface area contributed by atoms with E-state index in [9.17, 15) is 0 Å². The molecule has 0 aliphatic heterocycles. The lowest BCUT2D eigenvalue weighted by atomic mass is 10.1. The van der Waals surface area contributed by atoms with E-state index >= 15 is 0 Å². The Bertz CT molecular complexity index is 3360. The molecular weight excluding hydrogens is 723 g/mol. The fourth-order valence-corrected chi connectivity index (χ4v) is 14.2. The third-order valence-corrected chi connectivity index (χ3v) is 16.7. The molecule has 0 aliphatic carbocycles. The second kappa shape index (κ2) is 12.8. The molecule has 12 rings (SSSR count). The molecule has 0 N–H and O–H groups in total. The molecule has 4 aromatic heterocycles. The molecule has 0 unspecified atom stereocenters. The van der Waals surface area contributed by atoms with Crippen molar-refractivity contribution in [2.75, 3.05) is 0 Å². The van der Waals surface area contributed by atoms with Crippen LogP contribution in [-0.4, -0.2) is 22.2 Å². The van der Waals surface area contributed by atoms with E-state index in [0.717, 1.165) is 60.6 Å². The van der Waals surface area contributed by atoms with Crippen LogP contribution in [0, 0.1) is 0 Å². The minimum absolute atomic E-state index is 0.774. The van der Waals surface area contributed by atoms with Gasteiger partial charge in [-0.1, -0.05) is 164 Å². The summed E-state index contributed by atoms with van der Waals surface area (Å²) in [6, 6.07) is 76.8. The zero-order valence-corrected chi connectivity index (χ0v) is 32.5. The maximum absolute atomic E-state index is 6.90. The lowest BCUT2D eigenvalue weighted by Crippen LogP contribution is -2.75. The van der Waals surface area contributed by atoms with Crippen molar-refractivity contribution in [3.63, 3.8) is 0 Å². The average molecular weight is 758 g/mol. The first-order valence-corrected chi connectivity index (χ1v) is 21.8. The molecule has 0 amide bonds. The minimum Gasteiger partial charge on any atom is -0.452 e. The van der Waals surface area contributed by atoms with Gasteiger partial charge < -0.3 is 8.98 Å². The Hall–Kier alpha value is -7.47. The molecule has 0 aliphatic rings. The van der Waals surface area contributed by atoms with E-state index in [0.29, 0.717) is 0 Å². The van der Waals surface area contributed by atoms with E-state index < -0.39 is 8.07 Å². The SMILES string of the molecule is c1ccc([Si](c2ccccc2)(c2ccccc2)c2cc3c(oc4ccccc43)c(-n3c4ccccc4c4cc(-n5c6ccccc6c6ccccc65)ccc43)n2)cc1. The smallest absolute Gasteiger partial charge is 0.202 e. The number of hydrogen-bond donors (Lipinski definition) is 0. The fourth-order valence-electron chi connectivity index (χ4n) is 9.59. The van der Waals surface area contributed by atoms with E-state index in [1.807, 2.05) is 6.07 Å². The molecular formula is C53H35N3OSi. The molecule has 4 heterocycles. The number of aromatic nitrogens is 3. The van der Waals surface area contributed by atoms with Crippen LogP contribution >= 0.6 is 0 Å². The quantitative estimate of drug-likeness (QED) is 0.125. The van der Waals surface area contributed by atoms with Crippen LogP contribution in [0.5, 0.6) is 0 Å². The molecule has 0 radical (unpaired) electrons. The zero-order chi connectivity index (χ0) is 38.2. The van der Waals surface area contributed by atoms with Gasteiger partial charge in [0.2, 0.25) is 8.07 Å². The lowest BCUT2D eigenvalue weighted by Gasteiger charge is -2.33. The van der Waals surface area contributed by atoms with Crippen molar-refractivity contribution >= 4 is 94.5 Å². The fraction of sp³-hybridized carbons (Fsp3) is 0. The van der Waals surface area contributed by atoms with Crippen LogP contribution in [0.3, 0.4) is 0 Å². The largest absolute Gasteiger partial charge is 0.452 e. The monoisotopic (exact) mass is 757 g/mol. The maximum atomic E-state index is 6.90. The summed E-state index contributed by atoms with van der Waals surface area (Å²) < 4.78 is 11.6. The van der Waals surface area contributed by atoms with Crippen LogP contribution in [0.25, 0.3) is 77.1 Å². The van der Waals surface area contributed by atoms with Gasteiger partial charge in [0.1, 0.15) is 5.58 Å². The number of furan rings is 1. The second-order valence-electron chi connectivity index (χ2n) is 15.1. The average Bonchev–Trinajstić information content (AvgIpc) is 3.95. The maximum Gasteiger partial charge on any atom is 0.202 e. The molecule has 8 aromatic carbocycles. The highest BCUT2D eigenvalue weighted by molar-refractivity contribution is 7.19. The standard InChI is InChI=1S/C53H35N3OSi/c1-4-18-37(19-5-1)58(38-20-6-2-7-21-38,39-22-8-3-9-23-39)51-35-45-43-27-13-17-31-50(43)57-52(45)53(54-51)56-48-30-16-12-26-42(48)44-34-36(32-33-49(44)56)55-46-28-14-10-24-40(46)41-25-11-15-29-47(41)55/h1-35H. The van der Waals surface area contributed by atoms with E-state index in [-0.39, 0.29) is 0 Å². The number of benzene rings is 8. The van der Waals surface area contributed by atoms with Crippen molar-refractivity contribution < 1.29 is 4.42 Å². The summed E-state index contributed by atoms with van der Waals surface area (Å²) in [6.07, 6.45) is 0. The first-order valence-electron chi connectivity index (χ1n) is 19.8. The highest BCUT2D eigenvalue weighted by Crippen LogP contribution is 2.39. The number of pyridine rings is 1. The lowest BCUT2D eigenvalue weighted by molar-refractivity contribution is 0.664. The topological polar surface area (TPSA) is 35.9 Å². The Kier molecular flexibility index (Phi) is 7.21. The molecule has 0 atom stereocenters. The molecule has 272 valence electrons. The summed E-state index contributed by atoms with van der Waals surface area (Å²) in [5.41, 5.74) is 7.27. The summed E-state index contributed by atoms with van der Waals surface area (Å²) in [6.45, 7) is 0. The van der Waals surface area contributed by atoms with Crippen molar-refractivity contribution in [3.8, 4) is 11.5 Å². The summed E-state index contributed by atoms with van der Waals surface area (Å²) >= 11 is 0. The summed E-state index contributed by atoms with van der Waals surface area (Å²) in [7, 11) is -3.02. The normalized spacial score (nSPS) is 12.1. The van der Waals surface area contributed by atoms with Crippen LogP contribution in [-0.2, 0) is 0 Å². The molecule has 4 nitrogen and oxygen atoms in total. The minimum atomic E-state index is -3.02. The Morgan fingerprint density at radius 3 is 1.38 bits per heavy atom. The van der Waals surface area contributed by atoms with Gasteiger partial charge in [-0.25, -0.2) is 4.98 Å². The van der Waals surface area contributed by atoms with Crippen molar-refractivity contribution in [3.05, 3.63) is 212 Å². The van der Waals surface area contributed by atoms with Gasteiger partial charge in [0.15, 0.2) is 11.4 Å². The summed E-state index contributed by atoms with van der Waals surface area (Å²) in [5.74, 6) is 0.791. The first-order chi connectivity index (χ1) is 28.8. The summed E-state index contributed by atoms with van der Waals surface area (Å²) in [4.78, 5) is 5.92. The van der Waals surface area contributed by atoms with Gasteiger partial charge in [-0.05, 0) is 64.1 Å². The van der Waals surface area contributed by atoms with Gasteiger partial charge in [0.05, 0.1) is 22.1 Å². The van der Waals surface area contributed by atoms with Crippen LogP contribution < -0.4 is 20.9 Å². The van der Waals surface area contributed by atoms with Gasteiger partial charge in [0, 0.05) is 43.3 Å². The first kappa shape index (κ1) is 32.7. The van der Waals surface area contributed by atoms with Crippen molar-refractivity contribution in [2.45, 2.75) is 0 Å². The van der Waals surface area contributed by atoms with Crippen LogP contribution in [0.2, 0.25) is 0 Å². The zero-order valence-electron chi connectivity index (χ0n) is 31.5. The predicted molar refractivity (Wildman–Crippen MR) is 244 cm³/mol. The number of nitrogens with zero attached hydrogens (tertiary/aromatic N) is 3. The van der Waals surface area contributed by atoms with Gasteiger partial charge in [-0.15, -0.1) is 0 Å². The van der Waals surface area contributed by atoms with Gasteiger partial charge in [-0.2, -0.15) is 0 Å². The molecule has 0 spiro atoms. The van der Waals surface area contributed by atoms with E-state index in [2.05, 4.69) is 215 Å². The van der Waals surface area contributed by atoms with Gasteiger partial charge in [0.25, 0.3) is 0 Å². The third kappa shape index (κ3) is 4.65. The Morgan fingerprint density at radius 2 is 0.810 bits per heavy atom. The Morgan fingerprint density at radius 1 is 0.362 bits per heavy atom. The van der Waals surface area contributed by atoms with Crippen LogP contribution in [0.15, 0.2) is 217 Å². The summed E-state index contributed by atoms with van der Waals surface area (Å²) in [5, 5.41) is 11.8. The van der Waals surface area contributed by atoms with Gasteiger partial charge in [-0.3, -0.25) is 4.57 Å². The van der Waals surface area contributed by atoms with Crippen LogP contribution in [0.1, 0.15) is 0 Å². The van der Waals surface area contributed by atoms with Gasteiger partial charge >= 0.3 is 0 Å². The third-order valence-electron chi connectivity index (χ3n) is 12.1. The number of para-hydroxylation sites is 4. The molecule has 0 saturated carbocycles. The predicted octanol–water partition coefficient (Wildman–Crippen LogP) is 10.6. The second-order valence-corrected chi connectivity index (χ2v) is 18.8. The highest BCUT2D eigenvalue weighted by Gasteiger charge is 2.44. The van der Waals surface area contributed by atoms with E-state index in [4.69, 9.17) is 9.40 Å². The number of rotatable bonds is 6. The van der Waals surface area contributed by atoms with Crippen molar-refractivity contribution in [2.24, 2.45) is 0 Å². The highest BCUT2D eigenvalue weighted by atomic mass is 28.3. The van der Waals surface area contributed by atoms with Crippen LogP contribution in [0.4, 0.5) is 0 Å². The Balaban J connectivity index is 1.21. The van der Waals surface area contributed by atoms with Crippen molar-refractivity contribution in [1.29, 1.82) is 0 Å². The molecule has 0 fully saturated rings. The number of hydrogen-bond acceptors (Lipinski definition) is 2. The molecule has 58 heavy (non-hydrogen) atoms. The molecule has 0 bridgehead atoms. The number of fused-ring (bicyclic) bond motifs is 9. The molecule has 12 aromatic rings.